The predicted octanol–water partition coefficient (Wildman–Crippen LogP) is 11.1. The Balaban J connectivity index is 1.43. The smallest absolute Gasteiger partial charge is 0.127 e. The second-order valence-corrected chi connectivity index (χ2v) is 14.7. The molecule has 0 heterocycles. The van der Waals surface area contributed by atoms with Gasteiger partial charge in [-0.2, -0.15) is 0 Å². The molecule has 3 heteroatoms. The van der Waals surface area contributed by atoms with Crippen LogP contribution in [-0.4, -0.2) is 10.2 Å². The van der Waals surface area contributed by atoms with Crippen molar-refractivity contribution >= 4 is 11.8 Å². The molecule has 0 bridgehead atoms. The van der Waals surface area contributed by atoms with Gasteiger partial charge < -0.3 is 10.2 Å². The van der Waals surface area contributed by atoms with Gasteiger partial charge in [0.1, 0.15) is 11.5 Å². The molecule has 0 fully saturated rings. The number of thioether (sulfide) groups is 1. The Bertz CT molecular complexity index is 1600. The summed E-state index contributed by atoms with van der Waals surface area (Å²) in [5.41, 5.74) is 9.32. The van der Waals surface area contributed by atoms with Crippen LogP contribution in [0.2, 0.25) is 0 Å². The van der Waals surface area contributed by atoms with E-state index in [1.807, 2.05) is 36.4 Å². The molecule has 0 aliphatic carbocycles. The summed E-state index contributed by atoms with van der Waals surface area (Å²) < 4.78 is 0. The van der Waals surface area contributed by atoms with Gasteiger partial charge in [-0.15, -0.1) is 11.8 Å². The van der Waals surface area contributed by atoms with Gasteiger partial charge in [0.25, 0.3) is 0 Å². The third-order valence-corrected chi connectivity index (χ3v) is 9.46. The molecule has 5 aromatic rings. The van der Waals surface area contributed by atoms with Gasteiger partial charge in [0.15, 0.2) is 0 Å². The van der Waals surface area contributed by atoms with Gasteiger partial charge in [0.05, 0.1) is 0 Å². The highest BCUT2D eigenvalue weighted by molar-refractivity contribution is 7.98. The zero-order chi connectivity index (χ0) is 31.5. The van der Waals surface area contributed by atoms with E-state index < -0.39 is 0 Å². The number of phenols is 2. The number of aryl methyl sites for hydroxylation is 2. The third kappa shape index (κ3) is 7.22. The fraction of sp³-hybridized carbons (Fsp3) is 0.268. The molecule has 2 N–H and O–H groups in total. The molecule has 0 aliphatic heterocycles. The summed E-state index contributed by atoms with van der Waals surface area (Å²) in [5, 5.41) is 22.9. The standard InChI is InChI=1S/C41H44O2S/c1-40(2,3)33-23-31(38(42)35(25-33)28-15-9-7-10-16-28)22-21-30-19-13-14-20-37(30)44-27-32-24-34(41(4,5)6)26-36(39(32)43)29-17-11-8-12-18-29/h7-20,23-26,42-43H,21-22,27H2,1-6H3. The van der Waals surface area contributed by atoms with Crippen LogP contribution in [0.4, 0.5) is 0 Å². The maximum atomic E-state index is 11.4. The van der Waals surface area contributed by atoms with Crippen LogP contribution < -0.4 is 0 Å². The molecule has 0 atom stereocenters. The van der Waals surface area contributed by atoms with Gasteiger partial charge in [-0.3, -0.25) is 0 Å². The van der Waals surface area contributed by atoms with Crippen molar-refractivity contribution in [3.63, 3.8) is 0 Å². The van der Waals surface area contributed by atoms with Gasteiger partial charge in [0, 0.05) is 27.3 Å². The third-order valence-electron chi connectivity index (χ3n) is 8.30. The maximum absolute atomic E-state index is 11.4. The van der Waals surface area contributed by atoms with Crippen LogP contribution in [0.5, 0.6) is 11.5 Å². The van der Waals surface area contributed by atoms with Crippen LogP contribution in [0.1, 0.15) is 69.4 Å². The van der Waals surface area contributed by atoms with Crippen molar-refractivity contribution in [1.82, 2.24) is 0 Å². The molecule has 0 aromatic heterocycles. The van der Waals surface area contributed by atoms with Crippen molar-refractivity contribution in [1.29, 1.82) is 0 Å². The first kappa shape index (κ1) is 31.5. The molecular weight excluding hydrogens is 557 g/mol. The highest BCUT2D eigenvalue weighted by Crippen LogP contribution is 2.41. The fourth-order valence-electron chi connectivity index (χ4n) is 5.51. The second kappa shape index (κ2) is 13.0. The Morgan fingerprint density at radius 1 is 0.500 bits per heavy atom. The minimum atomic E-state index is -0.0449. The fourth-order valence-corrected chi connectivity index (χ4v) is 6.57. The average molecular weight is 601 g/mol. The van der Waals surface area contributed by atoms with Crippen molar-refractivity contribution in [2.24, 2.45) is 0 Å². The number of hydrogen-bond donors (Lipinski definition) is 2. The van der Waals surface area contributed by atoms with Crippen LogP contribution in [-0.2, 0) is 29.4 Å². The largest absolute Gasteiger partial charge is 0.507 e. The van der Waals surface area contributed by atoms with Gasteiger partial charge in [-0.25, -0.2) is 0 Å². The van der Waals surface area contributed by atoms with Crippen molar-refractivity contribution in [2.75, 3.05) is 0 Å². The molecule has 0 unspecified atom stereocenters. The number of hydrogen-bond acceptors (Lipinski definition) is 3. The molecule has 226 valence electrons. The topological polar surface area (TPSA) is 40.5 Å². The lowest BCUT2D eigenvalue weighted by Gasteiger charge is -2.23. The summed E-state index contributed by atoms with van der Waals surface area (Å²) in [4.78, 5) is 1.20. The number of phenolic OH excluding ortho intramolecular Hbond substituents is 2. The van der Waals surface area contributed by atoms with Gasteiger partial charge in [-0.1, -0.05) is 133 Å². The molecule has 44 heavy (non-hydrogen) atoms. The van der Waals surface area contributed by atoms with Gasteiger partial charge in [0.2, 0.25) is 0 Å². The maximum Gasteiger partial charge on any atom is 0.127 e. The van der Waals surface area contributed by atoms with Crippen molar-refractivity contribution in [2.45, 2.75) is 75.9 Å². The summed E-state index contributed by atoms with van der Waals surface area (Å²) in [6, 6.07) is 37.4. The molecule has 0 aliphatic rings. The van der Waals surface area contributed by atoms with Gasteiger partial charge in [-0.05, 0) is 75.3 Å². The quantitative estimate of drug-likeness (QED) is 0.174. The van der Waals surface area contributed by atoms with Crippen LogP contribution in [0.25, 0.3) is 22.3 Å². The molecule has 0 amide bonds. The Kier molecular flexibility index (Phi) is 9.27. The van der Waals surface area contributed by atoms with Crippen molar-refractivity contribution in [3.05, 3.63) is 137 Å². The van der Waals surface area contributed by atoms with E-state index in [1.54, 1.807) is 11.8 Å². The highest BCUT2D eigenvalue weighted by atomic mass is 32.2. The number of rotatable bonds is 8. The van der Waals surface area contributed by atoms with Crippen LogP contribution >= 0.6 is 11.8 Å². The van der Waals surface area contributed by atoms with E-state index in [2.05, 4.69) is 114 Å². The summed E-state index contributed by atoms with van der Waals surface area (Å²) in [6.07, 6.45) is 1.54. The molecule has 0 saturated heterocycles. The highest BCUT2D eigenvalue weighted by Gasteiger charge is 2.21. The first-order valence-electron chi connectivity index (χ1n) is 15.5. The Morgan fingerprint density at radius 2 is 0.932 bits per heavy atom. The van der Waals surface area contributed by atoms with E-state index in [1.165, 1.54) is 21.6 Å². The van der Waals surface area contributed by atoms with Crippen molar-refractivity contribution < 1.29 is 10.2 Å². The van der Waals surface area contributed by atoms with E-state index in [4.69, 9.17) is 0 Å². The van der Waals surface area contributed by atoms with E-state index in [9.17, 15) is 10.2 Å². The summed E-state index contributed by atoms with van der Waals surface area (Å²) in [6.45, 7) is 13.3. The number of benzene rings is 5. The zero-order valence-electron chi connectivity index (χ0n) is 26.8. The molecular formula is C41H44O2S. The van der Waals surface area contributed by atoms with Crippen LogP contribution in [0.3, 0.4) is 0 Å². The molecule has 0 saturated carbocycles. The minimum absolute atomic E-state index is 0.0397. The first-order valence-corrected chi connectivity index (χ1v) is 16.4. The Labute approximate surface area is 267 Å². The molecule has 2 nitrogen and oxygen atoms in total. The lowest BCUT2D eigenvalue weighted by molar-refractivity contribution is 0.468. The van der Waals surface area contributed by atoms with E-state index >= 15 is 0 Å². The monoisotopic (exact) mass is 600 g/mol. The predicted molar refractivity (Wildman–Crippen MR) is 188 cm³/mol. The number of aromatic hydroxyl groups is 2. The average Bonchev–Trinajstić information content (AvgIpc) is 3.00. The first-order chi connectivity index (χ1) is 20.9. The van der Waals surface area contributed by atoms with E-state index in [0.717, 1.165) is 46.2 Å². The van der Waals surface area contributed by atoms with Gasteiger partial charge >= 0.3 is 0 Å². The minimum Gasteiger partial charge on any atom is -0.507 e. The summed E-state index contributed by atoms with van der Waals surface area (Å²) in [7, 11) is 0. The molecule has 5 rings (SSSR count). The summed E-state index contributed by atoms with van der Waals surface area (Å²) in [5.74, 6) is 1.38. The molecule has 5 aromatic carbocycles. The Hall–Kier alpha value is -3.95. The van der Waals surface area contributed by atoms with Crippen LogP contribution in [0.15, 0.2) is 114 Å². The zero-order valence-corrected chi connectivity index (χ0v) is 27.6. The van der Waals surface area contributed by atoms with E-state index in [0.29, 0.717) is 17.3 Å². The lowest BCUT2D eigenvalue weighted by atomic mass is 9.83. The summed E-state index contributed by atoms with van der Waals surface area (Å²) >= 11 is 1.76. The SMILES string of the molecule is CC(C)(C)c1cc(CCc2ccccc2SCc2cc(C(C)(C)C)cc(-c3ccccc3)c2O)c(O)c(-c2ccccc2)c1. The van der Waals surface area contributed by atoms with E-state index in [-0.39, 0.29) is 10.8 Å². The normalized spacial score (nSPS) is 12.0. The van der Waals surface area contributed by atoms with Crippen molar-refractivity contribution in [3.8, 4) is 33.8 Å². The van der Waals surface area contributed by atoms with Crippen LogP contribution in [0, 0.1) is 0 Å². The molecule has 0 radical (unpaired) electrons. The molecule has 0 spiro atoms. The lowest BCUT2D eigenvalue weighted by Crippen LogP contribution is -2.12. The second-order valence-electron chi connectivity index (χ2n) is 13.7. The Morgan fingerprint density at radius 3 is 1.45 bits per heavy atom.